The molecule has 0 saturated carbocycles. The molecule has 1 unspecified atom stereocenters. The summed E-state index contributed by atoms with van der Waals surface area (Å²) in [5, 5.41) is 0. The van der Waals surface area contributed by atoms with Gasteiger partial charge in [-0.05, 0) is 48.4 Å². The summed E-state index contributed by atoms with van der Waals surface area (Å²) in [7, 11) is 0. The van der Waals surface area contributed by atoms with Gasteiger partial charge in [-0.3, -0.25) is 11.3 Å². The van der Waals surface area contributed by atoms with Gasteiger partial charge in [-0.25, -0.2) is 8.78 Å². The van der Waals surface area contributed by atoms with Crippen LogP contribution in [0, 0.1) is 11.6 Å². The highest BCUT2D eigenvalue weighted by molar-refractivity contribution is 9.10. The number of rotatable bonds is 4. The molecule has 0 bridgehead atoms. The van der Waals surface area contributed by atoms with Crippen molar-refractivity contribution in [2.24, 2.45) is 5.84 Å². The summed E-state index contributed by atoms with van der Waals surface area (Å²) in [6.07, 6.45) is 0.363. The number of hydrogen-bond donors (Lipinski definition) is 2. The molecule has 3 N–H and O–H groups in total. The number of nitrogens with two attached hydrogens (primary N) is 1. The predicted octanol–water partition coefficient (Wildman–Crippen LogP) is 4.24. The quantitative estimate of drug-likeness (QED) is 0.589. The van der Waals surface area contributed by atoms with Gasteiger partial charge in [-0.1, -0.05) is 31.9 Å². The number of benzene rings is 2. The van der Waals surface area contributed by atoms with Crippen molar-refractivity contribution >= 4 is 31.9 Å². The average Bonchev–Trinajstić information content (AvgIpc) is 2.42. The van der Waals surface area contributed by atoms with Crippen LogP contribution in [0.3, 0.4) is 0 Å². The SMILES string of the molecule is NNC(Cc1cc(F)ccc1Br)c1cc(Br)ccc1F. The van der Waals surface area contributed by atoms with E-state index in [2.05, 4.69) is 37.3 Å². The third kappa shape index (κ3) is 3.63. The van der Waals surface area contributed by atoms with Crippen molar-refractivity contribution in [1.29, 1.82) is 0 Å². The van der Waals surface area contributed by atoms with E-state index in [4.69, 9.17) is 5.84 Å². The van der Waals surface area contributed by atoms with Crippen LogP contribution in [-0.4, -0.2) is 0 Å². The predicted molar refractivity (Wildman–Crippen MR) is 82.0 cm³/mol. The van der Waals surface area contributed by atoms with Crippen molar-refractivity contribution in [3.8, 4) is 0 Å². The Balaban J connectivity index is 2.33. The Morgan fingerprint density at radius 2 is 1.85 bits per heavy atom. The molecular formula is C14H12Br2F2N2. The van der Waals surface area contributed by atoms with Gasteiger partial charge in [0.2, 0.25) is 0 Å². The van der Waals surface area contributed by atoms with E-state index in [9.17, 15) is 8.78 Å². The maximum absolute atomic E-state index is 13.9. The zero-order valence-corrected chi connectivity index (χ0v) is 13.5. The van der Waals surface area contributed by atoms with Crippen LogP contribution >= 0.6 is 31.9 Å². The maximum Gasteiger partial charge on any atom is 0.128 e. The lowest BCUT2D eigenvalue weighted by molar-refractivity contribution is 0.508. The van der Waals surface area contributed by atoms with E-state index in [1.54, 1.807) is 18.2 Å². The van der Waals surface area contributed by atoms with Crippen LogP contribution in [0.5, 0.6) is 0 Å². The Morgan fingerprint density at radius 1 is 1.10 bits per heavy atom. The first kappa shape index (κ1) is 15.6. The molecule has 0 amide bonds. The smallest absolute Gasteiger partial charge is 0.128 e. The van der Waals surface area contributed by atoms with Crippen LogP contribution in [0.4, 0.5) is 8.78 Å². The second kappa shape index (κ2) is 6.76. The minimum Gasteiger partial charge on any atom is -0.271 e. The van der Waals surface area contributed by atoms with E-state index in [0.717, 1.165) is 8.95 Å². The van der Waals surface area contributed by atoms with Gasteiger partial charge in [-0.2, -0.15) is 0 Å². The Kier molecular flexibility index (Phi) is 5.26. The molecule has 0 fully saturated rings. The van der Waals surface area contributed by atoms with Crippen molar-refractivity contribution in [2.75, 3.05) is 0 Å². The van der Waals surface area contributed by atoms with E-state index in [-0.39, 0.29) is 11.6 Å². The molecule has 2 rings (SSSR count). The van der Waals surface area contributed by atoms with Crippen LogP contribution in [-0.2, 0) is 6.42 Å². The molecule has 2 nitrogen and oxygen atoms in total. The van der Waals surface area contributed by atoms with Gasteiger partial charge in [0.05, 0.1) is 6.04 Å². The first-order valence-electron chi connectivity index (χ1n) is 5.86. The molecule has 6 heteroatoms. The highest BCUT2D eigenvalue weighted by atomic mass is 79.9. The number of nitrogens with one attached hydrogen (secondary N) is 1. The molecule has 0 spiro atoms. The fourth-order valence-electron chi connectivity index (χ4n) is 1.96. The van der Waals surface area contributed by atoms with Gasteiger partial charge in [0.15, 0.2) is 0 Å². The zero-order chi connectivity index (χ0) is 14.7. The average molecular weight is 406 g/mol. The number of hydrogen-bond acceptors (Lipinski definition) is 2. The van der Waals surface area contributed by atoms with Crippen molar-refractivity contribution in [2.45, 2.75) is 12.5 Å². The van der Waals surface area contributed by atoms with E-state index in [1.165, 1.54) is 18.2 Å². The molecule has 0 radical (unpaired) electrons. The maximum atomic E-state index is 13.9. The first-order chi connectivity index (χ1) is 9.51. The number of halogens is 4. The molecule has 0 aliphatic rings. The molecule has 2 aromatic rings. The fraction of sp³-hybridized carbons (Fsp3) is 0.143. The molecule has 0 saturated heterocycles. The second-order valence-corrected chi connectivity index (χ2v) is 6.09. The van der Waals surface area contributed by atoms with Gasteiger partial charge in [0.25, 0.3) is 0 Å². The van der Waals surface area contributed by atoms with Crippen molar-refractivity contribution in [1.82, 2.24) is 5.43 Å². The Labute approximate surface area is 132 Å². The minimum absolute atomic E-state index is 0.339. The summed E-state index contributed by atoms with van der Waals surface area (Å²) in [4.78, 5) is 0. The molecule has 0 aromatic heterocycles. The van der Waals surface area contributed by atoms with Gasteiger partial charge >= 0.3 is 0 Å². The lowest BCUT2D eigenvalue weighted by atomic mass is 9.99. The summed E-state index contributed by atoms with van der Waals surface area (Å²) in [5.41, 5.74) is 3.72. The van der Waals surface area contributed by atoms with E-state index >= 15 is 0 Å². The van der Waals surface area contributed by atoms with Crippen LogP contribution in [0.25, 0.3) is 0 Å². The topological polar surface area (TPSA) is 38.0 Å². The molecule has 106 valence electrons. The standard InChI is InChI=1S/C14H12Br2F2N2/c15-9-1-4-13(18)11(7-9)14(20-19)6-8-5-10(17)2-3-12(8)16/h1-5,7,14,20H,6,19H2. The summed E-state index contributed by atoms with van der Waals surface area (Å²) in [6, 6.07) is 8.57. The lowest BCUT2D eigenvalue weighted by Gasteiger charge is -2.18. The third-order valence-corrected chi connectivity index (χ3v) is 4.23. The third-order valence-electron chi connectivity index (χ3n) is 2.97. The van der Waals surface area contributed by atoms with Gasteiger partial charge in [-0.15, -0.1) is 0 Å². The Morgan fingerprint density at radius 3 is 2.55 bits per heavy atom. The van der Waals surface area contributed by atoms with Gasteiger partial charge in [0, 0.05) is 14.5 Å². The monoisotopic (exact) mass is 404 g/mol. The number of hydrazine groups is 1. The zero-order valence-electron chi connectivity index (χ0n) is 10.3. The summed E-state index contributed by atoms with van der Waals surface area (Å²) in [6.45, 7) is 0. The first-order valence-corrected chi connectivity index (χ1v) is 7.45. The van der Waals surface area contributed by atoms with Crippen LogP contribution in [0.2, 0.25) is 0 Å². The van der Waals surface area contributed by atoms with Crippen LogP contribution < -0.4 is 11.3 Å². The molecule has 1 atom stereocenters. The highest BCUT2D eigenvalue weighted by Gasteiger charge is 2.17. The second-order valence-electron chi connectivity index (χ2n) is 4.32. The summed E-state index contributed by atoms with van der Waals surface area (Å²) < 4.78 is 28.7. The highest BCUT2D eigenvalue weighted by Crippen LogP contribution is 2.27. The van der Waals surface area contributed by atoms with Crippen molar-refractivity contribution in [3.05, 3.63) is 68.1 Å². The lowest BCUT2D eigenvalue weighted by Crippen LogP contribution is -2.30. The molecule has 20 heavy (non-hydrogen) atoms. The van der Waals surface area contributed by atoms with Gasteiger partial charge in [0.1, 0.15) is 11.6 Å². The van der Waals surface area contributed by atoms with Gasteiger partial charge < -0.3 is 0 Å². The van der Waals surface area contributed by atoms with Crippen LogP contribution in [0.1, 0.15) is 17.2 Å². The molecule has 0 heterocycles. The van der Waals surface area contributed by atoms with Crippen molar-refractivity contribution < 1.29 is 8.78 Å². The normalized spacial score (nSPS) is 12.4. The Bertz CT molecular complexity index is 620. The van der Waals surface area contributed by atoms with Crippen molar-refractivity contribution in [3.63, 3.8) is 0 Å². The van der Waals surface area contributed by atoms with E-state index < -0.39 is 6.04 Å². The molecule has 0 aliphatic heterocycles. The van der Waals surface area contributed by atoms with E-state index in [0.29, 0.717) is 17.5 Å². The fourth-order valence-corrected chi connectivity index (χ4v) is 2.75. The minimum atomic E-state index is -0.453. The Hall–Kier alpha value is -0.820. The van der Waals surface area contributed by atoms with Crippen LogP contribution in [0.15, 0.2) is 45.3 Å². The largest absolute Gasteiger partial charge is 0.271 e. The summed E-state index contributed by atoms with van der Waals surface area (Å²) >= 11 is 6.66. The molecule has 2 aromatic carbocycles. The molecular weight excluding hydrogens is 394 g/mol. The molecule has 0 aliphatic carbocycles. The summed E-state index contributed by atoms with van der Waals surface area (Å²) in [5.74, 6) is 4.82. The van der Waals surface area contributed by atoms with E-state index in [1.807, 2.05) is 0 Å².